The van der Waals surface area contributed by atoms with Gasteiger partial charge in [-0.3, -0.25) is 0 Å². The Balaban J connectivity index is 2.53. The topological polar surface area (TPSA) is 44.5 Å². The second kappa shape index (κ2) is 6.05. The highest BCUT2D eigenvalue weighted by Crippen LogP contribution is 2.25. The van der Waals surface area contributed by atoms with E-state index >= 15 is 0 Å². The minimum atomic E-state index is 0.511. The Morgan fingerprint density at radius 3 is 2.57 bits per heavy atom. The number of ether oxygens (including phenoxy) is 2. The molecule has 1 aromatic carbocycles. The average molecular weight is 193 g/mol. The average Bonchev–Trinajstić information content (AvgIpc) is 2.25. The van der Waals surface area contributed by atoms with Crippen LogP contribution in [0.5, 0.6) is 11.5 Å². The van der Waals surface area contributed by atoms with Crippen molar-refractivity contribution in [2.24, 2.45) is 5.73 Å². The Hall–Kier alpha value is -1.48. The lowest BCUT2D eigenvalue weighted by Crippen LogP contribution is -1.98. The van der Waals surface area contributed by atoms with Gasteiger partial charge in [-0.2, -0.15) is 0 Å². The van der Waals surface area contributed by atoms with Gasteiger partial charge in [0.2, 0.25) is 0 Å². The van der Waals surface area contributed by atoms with Gasteiger partial charge in [-0.25, -0.2) is 0 Å². The summed E-state index contributed by atoms with van der Waals surface area (Å²) in [7, 11) is 1.62. The van der Waals surface area contributed by atoms with Crippen molar-refractivity contribution < 1.29 is 9.47 Å². The van der Waals surface area contributed by atoms with Gasteiger partial charge in [0, 0.05) is 6.54 Å². The summed E-state index contributed by atoms with van der Waals surface area (Å²) in [6.45, 7) is 1.05. The second-order valence-electron chi connectivity index (χ2n) is 2.67. The fourth-order valence-electron chi connectivity index (χ4n) is 1.04. The zero-order valence-electron chi connectivity index (χ0n) is 8.27. The molecule has 0 spiro atoms. The molecule has 2 N–H and O–H groups in total. The van der Waals surface area contributed by atoms with Crippen LogP contribution in [0.15, 0.2) is 36.4 Å². The predicted molar refractivity (Wildman–Crippen MR) is 56.7 cm³/mol. The maximum Gasteiger partial charge on any atom is 0.161 e. The highest BCUT2D eigenvalue weighted by molar-refractivity contribution is 5.39. The molecule has 0 amide bonds. The molecule has 1 rings (SSSR count). The van der Waals surface area contributed by atoms with Gasteiger partial charge >= 0.3 is 0 Å². The van der Waals surface area contributed by atoms with E-state index in [9.17, 15) is 0 Å². The third kappa shape index (κ3) is 3.11. The summed E-state index contributed by atoms with van der Waals surface area (Å²) in [5.41, 5.74) is 5.30. The maximum absolute atomic E-state index is 5.46. The maximum atomic E-state index is 5.46. The summed E-state index contributed by atoms with van der Waals surface area (Å²) in [5.74, 6) is 1.49. The van der Waals surface area contributed by atoms with E-state index in [0.29, 0.717) is 13.2 Å². The van der Waals surface area contributed by atoms with Gasteiger partial charge in [0.1, 0.15) is 6.61 Å². The molecule has 1 aromatic rings. The largest absolute Gasteiger partial charge is 0.493 e. The van der Waals surface area contributed by atoms with Crippen LogP contribution in [-0.2, 0) is 0 Å². The molecule has 76 valence electrons. The molecule has 14 heavy (non-hydrogen) atoms. The van der Waals surface area contributed by atoms with E-state index in [0.717, 1.165) is 11.5 Å². The molecule has 0 unspecified atom stereocenters. The van der Waals surface area contributed by atoms with E-state index < -0.39 is 0 Å². The van der Waals surface area contributed by atoms with Crippen LogP contribution in [0.1, 0.15) is 0 Å². The van der Waals surface area contributed by atoms with Gasteiger partial charge < -0.3 is 15.2 Å². The van der Waals surface area contributed by atoms with Crippen molar-refractivity contribution in [1.29, 1.82) is 0 Å². The standard InChI is InChI=1S/C11H15NO2/c1-13-10-6-2-3-7-11(10)14-9-5-4-8-12/h2-7H,8-9,12H2,1H3. The van der Waals surface area contributed by atoms with Crippen LogP contribution >= 0.6 is 0 Å². The van der Waals surface area contributed by atoms with E-state index in [-0.39, 0.29) is 0 Å². The van der Waals surface area contributed by atoms with Crippen molar-refractivity contribution in [3.63, 3.8) is 0 Å². The first-order valence-electron chi connectivity index (χ1n) is 4.49. The molecule has 0 heterocycles. The Labute approximate surface area is 84.1 Å². The number of methoxy groups -OCH3 is 1. The van der Waals surface area contributed by atoms with Gasteiger partial charge in [0.15, 0.2) is 11.5 Å². The van der Waals surface area contributed by atoms with Crippen LogP contribution in [-0.4, -0.2) is 20.3 Å². The lowest BCUT2D eigenvalue weighted by Gasteiger charge is -2.07. The van der Waals surface area contributed by atoms with Crippen LogP contribution in [0.2, 0.25) is 0 Å². The molecule has 0 aliphatic carbocycles. The van der Waals surface area contributed by atoms with Crippen molar-refractivity contribution in [1.82, 2.24) is 0 Å². The van der Waals surface area contributed by atoms with E-state index in [4.69, 9.17) is 15.2 Å². The number of hydrogen-bond donors (Lipinski definition) is 1. The van der Waals surface area contributed by atoms with Crippen molar-refractivity contribution in [3.05, 3.63) is 36.4 Å². The summed E-state index contributed by atoms with van der Waals surface area (Å²) < 4.78 is 10.6. The van der Waals surface area contributed by atoms with Crippen LogP contribution in [0.4, 0.5) is 0 Å². The van der Waals surface area contributed by atoms with Crippen LogP contribution in [0.3, 0.4) is 0 Å². The Bertz CT molecular complexity index is 297. The van der Waals surface area contributed by atoms with E-state index in [1.807, 2.05) is 36.4 Å². The lowest BCUT2D eigenvalue weighted by atomic mass is 10.3. The summed E-state index contributed by atoms with van der Waals surface area (Å²) in [4.78, 5) is 0. The molecule has 0 aromatic heterocycles. The van der Waals surface area contributed by atoms with Crippen LogP contribution < -0.4 is 15.2 Å². The molecule has 0 aliphatic rings. The fourth-order valence-corrected chi connectivity index (χ4v) is 1.04. The number of nitrogens with two attached hydrogens (primary N) is 1. The number of rotatable bonds is 5. The molecule has 0 fully saturated rings. The lowest BCUT2D eigenvalue weighted by molar-refractivity contribution is 0.326. The van der Waals surface area contributed by atoms with Crippen molar-refractivity contribution in [2.45, 2.75) is 0 Å². The van der Waals surface area contributed by atoms with E-state index in [1.54, 1.807) is 7.11 Å². The quantitative estimate of drug-likeness (QED) is 0.722. The normalized spacial score (nSPS) is 10.4. The molecular weight excluding hydrogens is 178 g/mol. The summed E-state index contributed by atoms with van der Waals surface area (Å²) >= 11 is 0. The van der Waals surface area contributed by atoms with Crippen LogP contribution in [0, 0.1) is 0 Å². The first-order chi connectivity index (χ1) is 6.88. The van der Waals surface area contributed by atoms with Crippen LogP contribution in [0.25, 0.3) is 0 Å². The van der Waals surface area contributed by atoms with E-state index in [1.165, 1.54) is 0 Å². The molecule has 0 aliphatic heterocycles. The predicted octanol–water partition coefficient (Wildman–Crippen LogP) is 1.59. The first-order valence-corrected chi connectivity index (χ1v) is 4.49. The van der Waals surface area contributed by atoms with Gasteiger partial charge in [0.25, 0.3) is 0 Å². The minimum absolute atomic E-state index is 0.511. The smallest absolute Gasteiger partial charge is 0.161 e. The minimum Gasteiger partial charge on any atom is -0.493 e. The molecule has 0 radical (unpaired) electrons. The third-order valence-electron chi connectivity index (χ3n) is 1.71. The molecule has 0 atom stereocenters. The highest BCUT2D eigenvalue weighted by atomic mass is 16.5. The second-order valence-corrected chi connectivity index (χ2v) is 2.67. The number of benzene rings is 1. The number of hydrogen-bond acceptors (Lipinski definition) is 3. The van der Waals surface area contributed by atoms with Crippen molar-refractivity contribution >= 4 is 0 Å². The van der Waals surface area contributed by atoms with Crippen molar-refractivity contribution in [2.75, 3.05) is 20.3 Å². The zero-order chi connectivity index (χ0) is 10.2. The first kappa shape index (κ1) is 10.6. The highest BCUT2D eigenvalue weighted by Gasteiger charge is 1.99. The zero-order valence-corrected chi connectivity index (χ0v) is 8.27. The molecule has 0 bridgehead atoms. The molecule has 0 saturated carbocycles. The fraction of sp³-hybridized carbons (Fsp3) is 0.273. The Morgan fingerprint density at radius 1 is 1.21 bits per heavy atom. The van der Waals surface area contributed by atoms with Gasteiger partial charge in [-0.1, -0.05) is 24.3 Å². The Kier molecular flexibility index (Phi) is 4.58. The van der Waals surface area contributed by atoms with Crippen molar-refractivity contribution in [3.8, 4) is 11.5 Å². The summed E-state index contributed by atoms with van der Waals surface area (Å²) in [6.07, 6.45) is 3.74. The molecule has 0 saturated heterocycles. The SMILES string of the molecule is COc1ccccc1OCC=CCN. The Morgan fingerprint density at radius 2 is 1.93 bits per heavy atom. The van der Waals surface area contributed by atoms with Gasteiger partial charge in [-0.05, 0) is 12.1 Å². The number of para-hydroxylation sites is 2. The van der Waals surface area contributed by atoms with E-state index in [2.05, 4.69) is 0 Å². The summed E-state index contributed by atoms with van der Waals surface area (Å²) in [6, 6.07) is 7.54. The molecule has 3 heteroatoms. The molecular formula is C11H15NO2. The monoisotopic (exact) mass is 193 g/mol. The van der Waals surface area contributed by atoms with Gasteiger partial charge in [0.05, 0.1) is 7.11 Å². The third-order valence-corrected chi connectivity index (χ3v) is 1.71. The molecule has 3 nitrogen and oxygen atoms in total. The van der Waals surface area contributed by atoms with Gasteiger partial charge in [-0.15, -0.1) is 0 Å². The summed E-state index contributed by atoms with van der Waals surface area (Å²) in [5, 5.41) is 0.